The Kier molecular flexibility index (Phi) is 23.5. The summed E-state index contributed by atoms with van der Waals surface area (Å²) in [6.45, 7) is 2.17. The molecule has 0 bridgehead atoms. The predicted octanol–water partition coefficient (Wildman–Crippen LogP) is 3.45. The molecule has 0 amide bonds. The van der Waals surface area contributed by atoms with Crippen LogP contribution in [-0.2, 0) is 19.8 Å². The van der Waals surface area contributed by atoms with Crippen LogP contribution in [-0.4, -0.2) is 0 Å². The van der Waals surface area contributed by atoms with Crippen molar-refractivity contribution in [2.24, 2.45) is 0 Å². The van der Waals surface area contributed by atoms with Gasteiger partial charge in [0.05, 0.1) is 0 Å². The van der Waals surface area contributed by atoms with E-state index in [1.165, 1.54) is 12.0 Å². The van der Waals surface area contributed by atoms with E-state index in [9.17, 15) is 0 Å². The van der Waals surface area contributed by atoms with E-state index in [0.717, 1.165) is 0 Å². The van der Waals surface area contributed by atoms with Crippen LogP contribution in [0.4, 0.5) is 0 Å². The van der Waals surface area contributed by atoms with Crippen LogP contribution in [0, 0.1) is 0 Å². The Bertz CT molecular complexity index is 142. The Morgan fingerprint density at radius 3 is 1.73 bits per heavy atom. The number of hydrogen-bond donors (Lipinski definition) is 0. The molecule has 0 unspecified atom stereocenters. The van der Waals surface area contributed by atoms with Gasteiger partial charge in [0.15, 0.2) is 0 Å². The third kappa shape index (κ3) is 7.68. The first-order chi connectivity index (χ1) is 3.30. The number of allylic oxidation sites excluding steroid dienone is 4. The van der Waals surface area contributed by atoms with E-state index in [2.05, 4.69) is 19.1 Å². The zero-order valence-corrected chi connectivity index (χ0v) is 12.1. The van der Waals surface area contributed by atoms with Crippen LogP contribution in [0.3, 0.4) is 0 Å². The molecule has 0 saturated heterocycles. The molecule has 0 atom stereocenters. The van der Waals surface area contributed by atoms with Crippen molar-refractivity contribution in [3.05, 3.63) is 21.7 Å². The predicted molar refractivity (Wildman–Crippen MR) is 55.4 cm³/mol. The van der Waals surface area contributed by atoms with Gasteiger partial charge in [-0.15, -0.1) is 49.6 Å². The smallest absolute Gasteiger partial charge is 0.147 e. The van der Waals surface area contributed by atoms with Crippen molar-refractivity contribution in [2.75, 3.05) is 0 Å². The summed E-state index contributed by atoms with van der Waals surface area (Å²) in [6.07, 6.45) is 5.63. The van der Waals surface area contributed by atoms with Crippen LogP contribution in [0.1, 0.15) is 13.3 Å². The second kappa shape index (κ2) is 11.3. The second-order valence-electron chi connectivity index (χ2n) is 1.71. The SMILES string of the molecule is CC1=[C]([W])CC=C1.Cl.Cl.Cl.Cl. The summed E-state index contributed by atoms with van der Waals surface area (Å²) in [5, 5.41) is 0. The van der Waals surface area contributed by atoms with Gasteiger partial charge in [-0.3, -0.25) is 0 Å². The first-order valence-corrected chi connectivity index (χ1v) is 3.80. The Morgan fingerprint density at radius 1 is 1.18 bits per heavy atom. The van der Waals surface area contributed by atoms with E-state index in [1.54, 1.807) is 23.8 Å². The summed E-state index contributed by atoms with van der Waals surface area (Å²) in [5.74, 6) is 0. The molecule has 5 heteroatoms. The molecule has 0 aliphatic heterocycles. The van der Waals surface area contributed by atoms with Crippen LogP contribution in [0.2, 0.25) is 0 Å². The van der Waals surface area contributed by atoms with E-state index in [0.29, 0.717) is 0 Å². The van der Waals surface area contributed by atoms with E-state index in [1.807, 2.05) is 0 Å². The Balaban J connectivity index is -0.0000000612. The standard InChI is InChI=1S/C6H7.4ClH.W/c1-6-4-2-3-5-6;;;;;/h2,4H,3H2,1H3;4*1H;. The summed E-state index contributed by atoms with van der Waals surface area (Å²) >= 11 is 1.62. The van der Waals surface area contributed by atoms with Crippen molar-refractivity contribution >= 4 is 49.6 Å². The van der Waals surface area contributed by atoms with E-state index < -0.39 is 0 Å². The molecule has 11 heavy (non-hydrogen) atoms. The van der Waals surface area contributed by atoms with Gasteiger partial charge in [-0.2, -0.15) is 0 Å². The molecule has 0 nitrogen and oxygen atoms in total. The second-order valence-corrected chi connectivity index (χ2v) is 3.48. The Hall–Kier alpha value is 1.33. The molecule has 1 rings (SSSR count). The van der Waals surface area contributed by atoms with E-state index in [-0.39, 0.29) is 49.6 Å². The van der Waals surface area contributed by atoms with Gasteiger partial charge in [0.25, 0.3) is 0 Å². The molecule has 0 heterocycles. The quantitative estimate of drug-likeness (QED) is 0.576. The van der Waals surface area contributed by atoms with Crippen molar-refractivity contribution in [3.63, 3.8) is 0 Å². The van der Waals surface area contributed by atoms with Crippen molar-refractivity contribution in [2.45, 2.75) is 13.3 Å². The normalized spacial score (nSPS) is 12.1. The van der Waals surface area contributed by atoms with Gasteiger partial charge < -0.3 is 0 Å². The van der Waals surface area contributed by atoms with Gasteiger partial charge in [0.2, 0.25) is 0 Å². The summed E-state index contributed by atoms with van der Waals surface area (Å²) in [7, 11) is 0. The molecule has 0 aromatic heterocycles. The van der Waals surface area contributed by atoms with Gasteiger partial charge in [0, 0.05) is 0 Å². The van der Waals surface area contributed by atoms with Crippen LogP contribution in [0.5, 0.6) is 0 Å². The van der Waals surface area contributed by atoms with Crippen LogP contribution in [0.25, 0.3) is 0 Å². The minimum atomic E-state index is 0. The average molecular weight is 409 g/mol. The van der Waals surface area contributed by atoms with Gasteiger partial charge in [-0.1, -0.05) is 0 Å². The van der Waals surface area contributed by atoms with Gasteiger partial charge >= 0.3 is 54.8 Å². The monoisotopic (exact) mass is 407 g/mol. The third-order valence-corrected chi connectivity index (χ3v) is 2.87. The fourth-order valence-electron chi connectivity index (χ4n) is 0.597. The molecule has 0 aromatic rings. The summed E-state index contributed by atoms with van der Waals surface area (Å²) in [4.78, 5) is 0. The number of halogens is 4. The minimum Gasteiger partial charge on any atom is -0.147 e. The summed E-state index contributed by atoms with van der Waals surface area (Å²) in [5.41, 5.74) is 1.48. The molecule has 0 spiro atoms. The van der Waals surface area contributed by atoms with Gasteiger partial charge in [-0.05, 0) is 0 Å². The minimum absolute atomic E-state index is 0. The molecular formula is C6H11Cl4W. The zero-order valence-electron chi connectivity index (χ0n) is 5.90. The number of rotatable bonds is 0. The van der Waals surface area contributed by atoms with Crippen LogP contribution in [0.15, 0.2) is 21.7 Å². The Morgan fingerprint density at radius 2 is 1.64 bits per heavy atom. The molecular weight excluding hydrogens is 398 g/mol. The maximum absolute atomic E-state index is 2.22. The molecule has 0 N–H and O–H groups in total. The van der Waals surface area contributed by atoms with Gasteiger partial charge in [0.1, 0.15) is 0 Å². The first kappa shape index (κ1) is 22.8. The zero-order chi connectivity index (χ0) is 5.28. The van der Waals surface area contributed by atoms with Crippen molar-refractivity contribution < 1.29 is 19.8 Å². The first-order valence-electron chi connectivity index (χ1n) is 2.34. The fraction of sp³-hybridized carbons (Fsp3) is 0.333. The van der Waals surface area contributed by atoms with Crippen molar-refractivity contribution in [3.8, 4) is 0 Å². The molecule has 1 aliphatic carbocycles. The summed E-state index contributed by atoms with van der Waals surface area (Å²) < 4.78 is 1.60. The molecule has 1 aliphatic rings. The fourth-order valence-corrected chi connectivity index (χ4v) is 1.19. The van der Waals surface area contributed by atoms with Crippen molar-refractivity contribution in [1.82, 2.24) is 0 Å². The third-order valence-electron chi connectivity index (χ3n) is 1.11. The van der Waals surface area contributed by atoms with Crippen LogP contribution >= 0.6 is 49.6 Å². The molecule has 69 valence electrons. The number of hydrogen-bond acceptors (Lipinski definition) is 0. The molecule has 0 fully saturated rings. The molecule has 0 saturated carbocycles. The van der Waals surface area contributed by atoms with Gasteiger partial charge in [-0.25, -0.2) is 0 Å². The van der Waals surface area contributed by atoms with E-state index >= 15 is 0 Å². The van der Waals surface area contributed by atoms with Crippen molar-refractivity contribution in [1.29, 1.82) is 0 Å². The molecule has 0 radical (unpaired) electrons. The van der Waals surface area contributed by atoms with Crippen LogP contribution < -0.4 is 0 Å². The molecule has 0 aromatic carbocycles. The average Bonchev–Trinajstić information content (AvgIpc) is 1.91. The maximum atomic E-state index is 2.22. The summed E-state index contributed by atoms with van der Waals surface area (Å²) in [6, 6.07) is 0. The maximum Gasteiger partial charge on any atom is -0.147 e. The Labute approximate surface area is 104 Å². The largest absolute Gasteiger partial charge is 0.147 e. The topological polar surface area (TPSA) is 0 Å². The van der Waals surface area contributed by atoms with E-state index in [4.69, 9.17) is 0 Å².